The molecule has 0 fully saturated rings. The van der Waals surface area contributed by atoms with Crippen molar-refractivity contribution in [3.8, 4) is 33.4 Å². The lowest BCUT2D eigenvalue weighted by molar-refractivity contribution is 0.590. The van der Waals surface area contributed by atoms with Crippen molar-refractivity contribution in [1.29, 1.82) is 0 Å². The van der Waals surface area contributed by atoms with E-state index in [4.69, 9.17) is 8.22 Å². The lowest BCUT2D eigenvalue weighted by Crippen LogP contribution is -2.61. The average Bonchev–Trinajstić information content (AvgIpc) is 3.33. The Hall–Kier alpha value is -6.58. The second-order valence-corrected chi connectivity index (χ2v) is 18.0. The Bertz CT molecular complexity index is 3450. The third-order valence-corrected chi connectivity index (χ3v) is 12.0. The summed E-state index contributed by atoms with van der Waals surface area (Å²) >= 11 is 0. The van der Waals surface area contributed by atoms with Crippen LogP contribution in [0.4, 0.5) is 34.1 Å². The zero-order chi connectivity index (χ0) is 50.0. The van der Waals surface area contributed by atoms with E-state index in [1.807, 2.05) is 79.7 Å². The molecule has 60 heavy (non-hydrogen) atoms. The van der Waals surface area contributed by atoms with Gasteiger partial charge in [-0.25, -0.2) is 0 Å². The molecule has 10 rings (SSSR count). The maximum absolute atomic E-state index is 9.33. The monoisotopic (exact) mass is 784 g/mol. The first-order valence-electron chi connectivity index (χ1n) is 25.6. The summed E-state index contributed by atoms with van der Waals surface area (Å²) in [5, 5.41) is 0. The van der Waals surface area contributed by atoms with E-state index in [9.17, 15) is 5.48 Å². The van der Waals surface area contributed by atoms with Crippen LogP contribution in [0, 0.1) is 6.92 Å². The molecule has 0 saturated carbocycles. The molecule has 0 aromatic heterocycles. The summed E-state index contributed by atoms with van der Waals surface area (Å²) in [4.78, 5) is 4.39. The van der Waals surface area contributed by atoms with Crippen LogP contribution >= 0.6 is 0 Å². The number of hydrogen-bond donors (Lipinski definition) is 0. The second kappa shape index (κ2) is 14.3. The van der Waals surface area contributed by atoms with Crippen molar-refractivity contribution < 1.29 is 13.7 Å². The van der Waals surface area contributed by atoms with Crippen molar-refractivity contribution in [2.45, 2.75) is 59.3 Å². The Kier molecular flexibility index (Phi) is 6.68. The minimum atomic E-state index is -0.467. The molecule has 8 aromatic carbocycles. The van der Waals surface area contributed by atoms with E-state index in [1.54, 1.807) is 0 Å². The van der Waals surface area contributed by atoms with Crippen molar-refractivity contribution >= 4 is 57.2 Å². The predicted octanol–water partition coefficient (Wildman–Crippen LogP) is 13.7. The minimum Gasteiger partial charge on any atom is -0.311 e. The smallest absolute Gasteiger partial charge is 0.252 e. The van der Waals surface area contributed by atoms with E-state index in [0.717, 1.165) is 67.0 Å². The fraction of sp³-hybridized carbons (Fsp3) is 0.158. The summed E-state index contributed by atoms with van der Waals surface area (Å²) < 4.78 is 89.6. The van der Waals surface area contributed by atoms with Crippen LogP contribution in [0.15, 0.2) is 182 Å². The van der Waals surface area contributed by atoms with Crippen LogP contribution < -0.4 is 26.2 Å². The number of fused-ring (bicyclic) bond motifs is 4. The molecule has 0 amide bonds. The van der Waals surface area contributed by atoms with Gasteiger partial charge in [0.25, 0.3) is 6.71 Å². The van der Waals surface area contributed by atoms with Crippen LogP contribution in [-0.4, -0.2) is 6.71 Å². The number of aryl methyl sites for hydroxylation is 1. The van der Waals surface area contributed by atoms with E-state index in [2.05, 4.69) is 99.9 Å². The molecule has 0 aliphatic carbocycles. The average molecular weight is 785 g/mol. The van der Waals surface area contributed by atoms with Crippen LogP contribution in [0.1, 0.15) is 71.9 Å². The highest BCUT2D eigenvalue weighted by Gasteiger charge is 2.45. The summed E-state index contributed by atoms with van der Waals surface area (Å²) in [6.07, 6.45) is 0. The maximum atomic E-state index is 9.33. The van der Waals surface area contributed by atoms with Gasteiger partial charge in [0.1, 0.15) is 0 Å². The number of rotatable bonds is 5. The van der Waals surface area contributed by atoms with E-state index < -0.39 is 36.3 Å². The maximum Gasteiger partial charge on any atom is 0.252 e. The topological polar surface area (TPSA) is 6.48 Å². The highest BCUT2D eigenvalue weighted by Crippen LogP contribution is 2.51. The normalized spacial score (nSPS) is 15.5. The van der Waals surface area contributed by atoms with Gasteiger partial charge in [0.05, 0.1) is 25.1 Å². The van der Waals surface area contributed by atoms with Gasteiger partial charge in [-0.3, -0.25) is 0 Å². The summed E-state index contributed by atoms with van der Waals surface area (Å²) in [7, 11) is 0. The van der Waals surface area contributed by atoms with E-state index in [0.29, 0.717) is 22.5 Å². The molecule has 2 nitrogen and oxygen atoms in total. The van der Waals surface area contributed by atoms with Gasteiger partial charge in [0.2, 0.25) is 0 Å². The van der Waals surface area contributed by atoms with Crippen molar-refractivity contribution in [1.82, 2.24) is 0 Å². The molecule has 8 aromatic rings. The largest absolute Gasteiger partial charge is 0.311 e. The minimum absolute atomic E-state index is 0.0869. The molecule has 0 saturated heterocycles. The van der Waals surface area contributed by atoms with Gasteiger partial charge < -0.3 is 9.80 Å². The van der Waals surface area contributed by atoms with Crippen molar-refractivity contribution in [2.75, 3.05) is 9.80 Å². The van der Waals surface area contributed by atoms with Gasteiger partial charge in [-0.2, -0.15) is 0 Å². The van der Waals surface area contributed by atoms with Gasteiger partial charge >= 0.3 is 0 Å². The molecule has 3 heteroatoms. The van der Waals surface area contributed by atoms with Crippen LogP contribution in [0.5, 0.6) is 0 Å². The molecule has 0 spiro atoms. The molecule has 292 valence electrons. The fourth-order valence-electron chi connectivity index (χ4n) is 9.06. The molecule has 2 aliphatic rings. The molecule has 2 heterocycles. The highest BCUT2D eigenvalue weighted by molar-refractivity contribution is 7.00. The third kappa shape index (κ3) is 6.27. The number of benzene rings is 8. The van der Waals surface area contributed by atoms with Crippen LogP contribution in [0.3, 0.4) is 0 Å². The van der Waals surface area contributed by atoms with Gasteiger partial charge in [-0.05, 0) is 104 Å². The van der Waals surface area contributed by atoms with Gasteiger partial charge in [0.15, 0.2) is 0 Å². The standard InChI is InChI=1S/C57H51BN2/c1-38-34-52-54-53(35-38)60(55-44(39-20-11-8-12-21-39)26-19-27-45(55)40-22-13-9-14-23-40)50-29-18-17-28-47(50)58(54)48-37-43(57(5,6)7)31-33-51(48)59(52)49-32-30-42(56(2,3)4)36-46(49)41-24-15-10-16-25-41/h8-37H,1-7H3/i8D,10D,11D,12D,15D,16D,20D,21D,24D,25D. The van der Waals surface area contributed by atoms with E-state index >= 15 is 0 Å². The fourth-order valence-corrected chi connectivity index (χ4v) is 9.06. The summed E-state index contributed by atoms with van der Waals surface area (Å²) in [6, 6.07) is 37.1. The molecule has 0 atom stereocenters. The summed E-state index contributed by atoms with van der Waals surface area (Å²) in [5.41, 5.74) is 12.8. The Morgan fingerprint density at radius 3 is 1.62 bits per heavy atom. The molecule has 0 bridgehead atoms. The molecule has 0 N–H and O–H groups in total. The van der Waals surface area contributed by atoms with Crippen molar-refractivity contribution in [3.63, 3.8) is 0 Å². The van der Waals surface area contributed by atoms with E-state index in [-0.39, 0.29) is 52.8 Å². The SMILES string of the molecule is [2H]c1c([2H])c([2H])c(-c2cc(C(C)(C)C)ccc2N2c3ccc(C(C)(C)C)cc3B3c4ccccc4N(c4c(-c5ccccc5)cccc4-c4c([2H])c([2H])c([2H])c([2H])c4[2H])c4cc(C)cc2c43)c([2H])c1[2H]. The number of anilines is 6. The number of para-hydroxylation sites is 2. The van der Waals surface area contributed by atoms with Crippen molar-refractivity contribution in [3.05, 3.63) is 198 Å². The molecular weight excluding hydrogens is 723 g/mol. The Morgan fingerprint density at radius 1 is 0.433 bits per heavy atom. The molecule has 0 unspecified atom stereocenters. The third-order valence-electron chi connectivity index (χ3n) is 12.0. The predicted molar refractivity (Wildman–Crippen MR) is 259 cm³/mol. The van der Waals surface area contributed by atoms with E-state index in [1.165, 1.54) is 0 Å². The molecule has 0 radical (unpaired) electrons. The first kappa shape index (κ1) is 28.0. The molecule has 2 aliphatic heterocycles. The van der Waals surface area contributed by atoms with Gasteiger partial charge in [0, 0.05) is 39.4 Å². The van der Waals surface area contributed by atoms with Crippen molar-refractivity contribution in [2.24, 2.45) is 0 Å². The lowest BCUT2D eigenvalue weighted by Gasteiger charge is -2.45. The number of nitrogens with zero attached hydrogens (tertiary/aromatic N) is 2. The zero-order valence-corrected chi connectivity index (χ0v) is 35.0. The highest BCUT2D eigenvalue weighted by atomic mass is 15.2. The lowest BCUT2D eigenvalue weighted by atomic mass is 9.33. The van der Waals surface area contributed by atoms with Crippen LogP contribution in [-0.2, 0) is 10.8 Å². The first-order chi connectivity index (χ1) is 33.1. The van der Waals surface area contributed by atoms with Gasteiger partial charge in [-0.15, -0.1) is 0 Å². The Labute approximate surface area is 370 Å². The number of hydrogen-bond acceptors (Lipinski definition) is 2. The Balaban J connectivity index is 1.37. The quantitative estimate of drug-likeness (QED) is 0.160. The van der Waals surface area contributed by atoms with Crippen LogP contribution in [0.2, 0.25) is 0 Å². The molecular formula is C57H51BN2. The van der Waals surface area contributed by atoms with Crippen LogP contribution in [0.25, 0.3) is 33.4 Å². The summed E-state index contributed by atoms with van der Waals surface area (Å²) in [5.74, 6) is 0. The first-order valence-corrected chi connectivity index (χ1v) is 20.6. The summed E-state index contributed by atoms with van der Waals surface area (Å²) in [6.45, 7) is 14.6. The Morgan fingerprint density at radius 2 is 0.967 bits per heavy atom. The zero-order valence-electron chi connectivity index (χ0n) is 45.0. The second-order valence-electron chi connectivity index (χ2n) is 18.0. The van der Waals surface area contributed by atoms with Gasteiger partial charge in [-0.1, -0.05) is 187 Å².